The third-order valence-electron chi connectivity index (χ3n) is 2.93. The van der Waals surface area contributed by atoms with Crippen LogP contribution in [0.15, 0.2) is 11.2 Å². The number of imidazole rings is 1. The van der Waals surface area contributed by atoms with Crippen LogP contribution in [-0.2, 0) is 17.1 Å². The molecule has 17 heavy (non-hydrogen) atoms. The molecule has 6 nitrogen and oxygen atoms in total. The molecule has 1 aliphatic carbocycles. The van der Waals surface area contributed by atoms with E-state index in [1.165, 1.54) is 10.5 Å². The van der Waals surface area contributed by atoms with Gasteiger partial charge in [-0.15, -0.1) is 0 Å². The Hall–Kier alpha value is -0.920. The minimum Gasteiger partial charge on any atom is -0.395 e. The molecule has 1 fully saturated rings. The third-order valence-corrected chi connectivity index (χ3v) is 4.76. The molecular formula is C10H17N3O3S. The van der Waals surface area contributed by atoms with Gasteiger partial charge in [0.05, 0.1) is 6.61 Å². The second-order valence-corrected chi connectivity index (χ2v) is 6.15. The summed E-state index contributed by atoms with van der Waals surface area (Å²) in [6, 6.07) is 0.0365. The second-order valence-electron chi connectivity index (χ2n) is 4.31. The molecule has 0 bridgehead atoms. The first-order chi connectivity index (χ1) is 7.96. The number of aryl methyl sites for hydroxylation is 2. The van der Waals surface area contributed by atoms with Crippen LogP contribution < -0.4 is 0 Å². The lowest BCUT2D eigenvalue weighted by Crippen LogP contribution is -2.35. The fraction of sp³-hybridized carbons (Fsp3) is 0.700. The molecule has 0 spiro atoms. The highest BCUT2D eigenvalue weighted by atomic mass is 32.2. The van der Waals surface area contributed by atoms with Crippen LogP contribution in [0.25, 0.3) is 0 Å². The highest BCUT2D eigenvalue weighted by Gasteiger charge is 2.38. The van der Waals surface area contributed by atoms with Gasteiger partial charge in [0.2, 0.25) is 0 Å². The Labute approximate surface area is 101 Å². The topological polar surface area (TPSA) is 75.4 Å². The average Bonchev–Trinajstić information content (AvgIpc) is 3.03. The molecule has 0 atom stereocenters. The van der Waals surface area contributed by atoms with E-state index in [9.17, 15) is 8.42 Å². The van der Waals surface area contributed by atoms with Crippen molar-refractivity contribution in [2.24, 2.45) is 7.05 Å². The standard InChI is InChI=1S/C10H17N3O3S/c1-8-11-10(7-12(8)2)17(15,16)13(5-6-14)9-3-4-9/h7,9,14H,3-6H2,1-2H3. The lowest BCUT2D eigenvalue weighted by molar-refractivity contribution is 0.250. The smallest absolute Gasteiger partial charge is 0.262 e. The molecule has 1 aromatic rings. The number of rotatable bonds is 5. The van der Waals surface area contributed by atoms with Crippen molar-refractivity contribution >= 4 is 10.0 Å². The number of aliphatic hydroxyl groups is 1. The van der Waals surface area contributed by atoms with E-state index in [0.29, 0.717) is 5.82 Å². The Morgan fingerprint density at radius 2 is 2.24 bits per heavy atom. The molecule has 1 saturated carbocycles. The molecule has 0 radical (unpaired) electrons. The molecule has 1 aromatic heterocycles. The SMILES string of the molecule is Cc1nc(S(=O)(=O)N(CCO)C2CC2)cn1C. The monoisotopic (exact) mass is 259 g/mol. The first kappa shape index (κ1) is 12.5. The predicted octanol–water partition coefficient (Wildman–Crippen LogP) is -0.126. The van der Waals surface area contributed by atoms with E-state index < -0.39 is 10.0 Å². The average molecular weight is 259 g/mol. The van der Waals surface area contributed by atoms with Gasteiger partial charge in [-0.05, 0) is 19.8 Å². The van der Waals surface area contributed by atoms with Crippen molar-refractivity contribution in [3.63, 3.8) is 0 Å². The Morgan fingerprint density at radius 1 is 1.59 bits per heavy atom. The summed E-state index contributed by atoms with van der Waals surface area (Å²) in [5.74, 6) is 0.656. The number of aliphatic hydroxyl groups excluding tert-OH is 1. The van der Waals surface area contributed by atoms with Gasteiger partial charge in [0.25, 0.3) is 10.0 Å². The Morgan fingerprint density at radius 3 is 2.65 bits per heavy atom. The first-order valence-corrected chi connectivity index (χ1v) is 7.03. The molecule has 2 rings (SSSR count). The van der Waals surface area contributed by atoms with Gasteiger partial charge in [-0.3, -0.25) is 0 Å². The summed E-state index contributed by atoms with van der Waals surface area (Å²) in [5.41, 5.74) is 0. The summed E-state index contributed by atoms with van der Waals surface area (Å²) in [6.45, 7) is 1.73. The Kier molecular flexibility index (Phi) is 3.24. The van der Waals surface area contributed by atoms with Crippen LogP contribution in [0.4, 0.5) is 0 Å². The minimum absolute atomic E-state index is 0.0365. The number of hydrogen-bond donors (Lipinski definition) is 1. The summed E-state index contributed by atoms with van der Waals surface area (Å²) in [7, 11) is -1.80. The molecule has 0 unspecified atom stereocenters. The van der Waals surface area contributed by atoms with Gasteiger partial charge in [-0.25, -0.2) is 13.4 Å². The fourth-order valence-electron chi connectivity index (χ4n) is 1.73. The van der Waals surface area contributed by atoms with Gasteiger partial charge in [-0.2, -0.15) is 4.31 Å². The summed E-state index contributed by atoms with van der Waals surface area (Å²) in [4.78, 5) is 4.05. The highest BCUT2D eigenvalue weighted by Crippen LogP contribution is 2.31. The summed E-state index contributed by atoms with van der Waals surface area (Å²) in [6.07, 6.45) is 3.24. The zero-order valence-corrected chi connectivity index (χ0v) is 10.8. The number of aromatic nitrogens is 2. The van der Waals surface area contributed by atoms with Gasteiger partial charge in [-0.1, -0.05) is 0 Å². The normalized spacial score (nSPS) is 16.7. The van der Waals surface area contributed by atoms with Crippen molar-refractivity contribution < 1.29 is 13.5 Å². The van der Waals surface area contributed by atoms with Crippen molar-refractivity contribution in [2.75, 3.05) is 13.2 Å². The van der Waals surface area contributed by atoms with Gasteiger partial charge in [0.1, 0.15) is 5.82 Å². The molecule has 0 saturated heterocycles. The number of sulfonamides is 1. The van der Waals surface area contributed by atoms with E-state index >= 15 is 0 Å². The fourth-order valence-corrected chi connectivity index (χ4v) is 3.44. The zero-order valence-electron chi connectivity index (χ0n) is 10.00. The van der Waals surface area contributed by atoms with Crippen molar-refractivity contribution in [3.8, 4) is 0 Å². The molecule has 1 N–H and O–H groups in total. The second kappa shape index (κ2) is 4.40. The first-order valence-electron chi connectivity index (χ1n) is 5.59. The molecule has 1 aliphatic rings. The van der Waals surface area contributed by atoms with Crippen LogP contribution >= 0.6 is 0 Å². The third kappa shape index (κ3) is 2.36. The number of hydrogen-bond acceptors (Lipinski definition) is 4. The van der Waals surface area contributed by atoms with Crippen LogP contribution in [0.1, 0.15) is 18.7 Å². The summed E-state index contributed by atoms with van der Waals surface area (Å²) in [5, 5.41) is 9.02. The molecule has 7 heteroatoms. The quantitative estimate of drug-likeness (QED) is 0.799. The minimum atomic E-state index is -3.56. The van der Waals surface area contributed by atoms with Crippen LogP contribution in [0, 0.1) is 6.92 Å². The maximum atomic E-state index is 12.3. The lowest BCUT2D eigenvalue weighted by Gasteiger charge is -2.19. The summed E-state index contributed by atoms with van der Waals surface area (Å²) < 4.78 is 27.6. The van der Waals surface area contributed by atoms with Gasteiger partial charge in [0.15, 0.2) is 5.03 Å². The van der Waals surface area contributed by atoms with E-state index in [1.54, 1.807) is 18.5 Å². The van der Waals surface area contributed by atoms with Crippen LogP contribution in [0.3, 0.4) is 0 Å². The molecular weight excluding hydrogens is 242 g/mol. The van der Waals surface area contributed by atoms with Crippen LogP contribution in [-0.4, -0.2) is 46.6 Å². The van der Waals surface area contributed by atoms with Crippen molar-refractivity contribution in [1.29, 1.82) is 0 Å². The highest BCUT2D eigenvalue weighted by molar-refractivity contribution is 7.89. The van der Waals surface area contributed by atoms with Gasteiger partial charge in [0, 0.05) is 25.8 Å². The molecule has 0 aliphatic heterocycles. The van der Waals surface area contributed by atoms with E-state index in [4.69, 9.17) is 5.11 Å². The molecule has 0 aromatic carbocycles. The van der Waals surface area contributed by atoms with Gasteiger partial charge >= 0.3 is 0 Å². The largest absolute Gasteiger partial charge is 0.395 e. The Bertz CT molecular complexity index is 485. The summed E-state index contributed by atoms with van der Waals surface area (Å²) >= 11 is 0. The van der Waals surface area contributed by atoms with Crippen molar-refractivity contribution in [2.45, 2.75) is 30.8 Å². The Balaban J connectivity index is 2.33. The maximum Gasteiger partial charge on any atom is 0.262 e. The van der Waals surface area contributed by atoms with E-state index in [-0.39, 0.29) is 24.2 Å². The van der Waals surface area contributed by atoms with Crippen molar-refractivity contribution in [1.82, 2.24) is 13.9 Å². The number of nitrogens with zero attached hydrogens (tertiary/aromatic N) is 3. The van der Waals surface area contributed by atoms with Crippen LogP contribution in [0.2, 0.25) is 0 Å². The van der Waals surface area contributed by atoms with E-state index in [2.05, 4.69) is 4.98 Å². The van der Waals surface area contributed by atoms with Crippen molar-refractivity contribution in [3.05, 3.63) is 12.0 Å². The predicted molar refractivity (Wildman–Crippen MR) is 61.9 cm³/mol. The molecule has 1 heterocycles. The van der Waals surface area contributed by atoms with Crippen LogP contribution in [0.5, 0.6) is 0 Å². The van der Waals surface area contributed by atoms with E-state index in [1.807, 2.05) is 0 Å². The molecule has 0 amide bonds. The zero-order chi connectivity index (χ0) is 12.6. The maximum absolute atomic E-state index is 12.3. The lowest BCUT2D eigenvalue weighted by atomic mass is 10.6. The molecule has 96 valence electrons. The van der Waals surface area contributed by atoms with Gasteiger partial charge < -0.3 is 9.67 Å². The van der Waals surface area contributed by atoms with E-state index in [0.717, 1.165) is 12.8 Å².